The topological polar surface area (TPSA) is 23.6 Å². The van der Waals surface area contributed by atoms with Crippen molar-refractivity contribution < 1.29 is 4.79 Å². The third kappa shape index (κ3) is 3.04. The van der Waals surface area contributed by atoms with Gasteiger partial charge >= 0.3 is 0 Å². The van der Waals surface area contributed by atoms with E-state index in [1.54, 1.807) is 0 Å². The molecule has 2 heterocycles. The summed E-state index contributed by atoms with van der Waals surface area (Å²) in [6.45, 7) is 10.4. The highest BCUT2D eigenvalue weighted by molar-refractivity contribution is 5.97. The lowest BCUT2D eigenvalue weighted by Crippen LogP contribution is -2.55. The van der Waals surface area contributed by atoms with E-state index in [0.717, 1.165) is 18.7 Å². The van der Waals surface area contributed by atoms with Crippen LogP contribution in [0.25, 0.3) is 0 Å². The lowest BCUT2D eigenvalue weighted by molar-refractivity contribution is 0.0535. The van der Waals surface area contributed by atoms with Crippen molar-refractivity contribution in [2.45, 2.75) is 45.7 Å². The van der Waals surface area contributed by atoms with Crippen molar-refractivity contribution in [3.63, 3.8) is 0 Å². The Bertz CT molecular complexity index is 540. The van der Waals surface area contributed by atoms with Gasteiger partial charge in [-0.3, -0.25) is 14.6 Å². The first-order chi connectivity index (χ1) is 10.0. The molecule has 0 aromatic heterocycles. The van der Waals surface area contributed by atoms with E-state index in [-0.39, 0.29) is 5.78 Å². The summed E-state index contributed by atoms with van der Waals surface area (Å²) in [5.41, 5.74) is 3.31. The zero-order chi connectivity index (χ0) is 15.0. The van der Waals surface area contributed by atoms with Crippen molar-refractivity contribution in [3.8, 4) is 0 Å². The fraction of sp³-hybridized carbons (Fsp3) is 0.611. The fourth-order valence-corrected chi connectivity index (χ4v) is 3.66. The molecule has 0 N–H and O–H groups in total. The van der Waals surface area contributed by atoms with Gasteiger partial charge in [-0.1, -0.05) is 12.1 Å². The number of ketones is 1. The third-order valence-electron chi connectivity index (χ3n) is 5.24. The van der Waals surface area contributed by atoms with Crippen LogP contribution in [0.15, 0.2) is 18.2 Å². The van der Waals surface area contributed by atoms with Crippen molar-refractivity contribution in [3.05, 3.63) is 34.9 Å². The van der Waals surface area contributed by atoms with E-state index < -0.39 is 0 Å². The number of piperazine rings is 1. The second-order valence-corrected chi connectivity index (χ2v) is 6.79. The summed E-state index contributed by atoms with van der Waals surface area (Å²) >= 11 is 0. The van der Waals surface area contributed by atoms with E-state index in [0.29, 0.717) is 18.6 Å². The van der Waals surface area contributed by atoms with Crippen molar-refractivity contribution >= 4 is 5.78 Å². The predicted molar refractivity (Wildman–Crippen MR) is 85.9 cm³/mol. The molecule has 0 aliphatic carbocycles. The lowest BCUT2D eigenvalue weighted by Gasteiger charge is -2.42. The van der Waals surface area contributed by atoms with Gasteiger partial charge in [0.2, 0.25) is 0 Å². The summed E-state index contributed by atoms with van der Waals surface area (Å²) in [5, 5.41) is 0. The molecule has 2 fully saturated rings. The SMILES string of the molecule is Cc1ccc(C(=O)CN2CC3CCCN3CC2C)cc1C. The highest BCUT2D eigenvalue weighted by Crippen LogP contribution is 2.24. The van der Waals surface area contributed by atoms with Gasteiger partial charge in [-0.15, -0.1) is 0 Å². The molecule has 114 valence electrons. The highest BCUT2D eigenvalue weighted by atomic mass is 16.1. The number of Topliss-reactive ketones (excluding diaryl/α,β-unsaturated/α-hetero) is 1. The van der Waals surface area contributed by atoms with Crippen LogP contribution < -0.4 is 0 Å². The Kier molecular flexibility index (Phi) is 4.14. The minimum absolute atomic E-state index is 0.261. The first kappa shape index (κ1) is 14.7. The normalized spacial score (nSPS) is 26.8. The predicted octanol–water partition coefficient (Wildman–Crippen LogP) is 2.65. The average molecular weight is 286 g/mol. The molecule has 0 saturated carbocycles. The third-order valence-corrected chi connectivity index (χ3v) is 5.24. The Morgan fingerprint density at radius 1 is 1.24 bits per heavy atom. The first-order valence-electron chi connectivity index (χ1n) is 8.13. The van der Waals surface area contributed by atoms with E-state index in [4.69, 9.17) is 0 Å². The molecule has 0 bridgehead atoms. The molecule has 2 saturated heterocycles. The summed E-state index contributed by atoms with van der Waals surface area (Å²) in [6, 6.07) is 7.22. The van der Waals surface area contributed by atoms with Gasteiger partial charge in [0.1, 0.15) is 0 Å². The molecule has 0 spiro atoms. The number of nitrogens with zero attached hydrogens (tertiary/aromatic N) is 2. The van der Waals surface area contributed by atoms with Crippen LogP contribution in [0.1, 0.15) is 41.3 Å². The molecule has 2 aliphatic rings. The van der Waals surface area contributed by atoms with Gasteiger partial charge in [-0.05, 0) is 57.4 Å². The molecule has 0 radical (unpaired) electrons. The van der Waals surface area contributed by atoms with Crippen molar-refractivity contribution in [1.82, 2.24) is 9.80 Å². The molecule has 2 atom stereocenters. The van der Waals surface area contributed by atoms with Gasteiger partial charge in [0.05, 0.1) is 6.54 Å². The second kappa shape index (κ2) is 5.90. The Labute approximate surface area is 127 Å². The minimum atomic E-state index is 0.261. The summed E-state index contributed by atoms with van der Waals surface area (Å²) < 4.78 is 0. The largest absolute Gasteiger partial charge is 0.298 e. The van der Waals surface area contributed by atoms with Crippen LogP contribution in [-0.2, 0) is 0 Å². The van der Waals surface area contributed by atoms with Crippen LogP contribution >= 0.6 is 0 Å². The molecule has 2 unspecified atom stereocenters. The van der Waals surface area contributed by atoms with Crippen molar-refractivity contribution in [2.75, 3.05) is 26.2 Å². The number of hydrogen-bond acceptors (Lipinski definition) is 3. The molecule has 2 aliphatic heterocycles. The number of carbonyl (C=O) groups is 1. The van der Waals surface area contributed by atoms with E-state index >= 15 is 0 Å². The maximum absolute atomic E-state index is 12.6. The maximum Gasteiger partial charge on any atom is 0.176 e. The van der Waals surface area contributed by atoms with E-state index in [2.05, 4.69) is 36.6 Å². The Hall–Kier alpha value is -1.19. The summed E-state index contributed by atoms with van der Waals surface area (Å²) in [6.07, 6.45) is 2.61. The number of carbonyl (C=O) groups excluding carboxylic acids is 1. The molecule has 1 aromatic rings. The summed E-state index contributed by atoms with van der Waals surface area (Å²) in [7, 11) is 0. The van der Waals surface area contributed by atoms with Gasteiger partial charge in [0, 0.05) is 30.7 Å². The van der Waals surface area contributed by atoms with Gasteiger partial charge in [0.15, 0.2) is 5.78 Å². The molecular weight excluding hydrogens is 260 g/mol. The van der Waals surface area contributed by atoms with Crippen molar-refractivity contribution in [1.29, 1.82) is 0 Å². The van der Waals surface area contributed by atoms with Crippen LogP contribution in [0.2, 0.25) is 0 Å². The van der Waals surface area contributed by atoms with E-state index in [9.17, 15) is 4.79 Å². The Morgan fingerprint density at radius 3 is 2.81 bits per heavy atom. The van der Waals surface area contributed by atoms with Gasteiger partial charge in [-0.25, -0.2) is 0 Å². The molecule has 1 aromatic carbocycles. The number of benzene rings is 1. The van der Waals surface area contributed by atoms with E-state index in [1.165, 1.54) is 30.5 Å². The summed E-state index contributed by atoms with van der Waals surface area (Å²) in [5.74, 6) is 0.261. The average Bonchev–Trinajstić information content (AvgIpc) is 2.89. The number of rotatable bonds is 3. The minimum Gasteiger partial charge on any atom is -0.298 e. The van der Waals surface area contributed by atoms with Crippen LogP contribution in [0.3, 0.4) is 0 Å². The fourth-order valence-electron chi connectivity index (χ4n) is 3.66. The first-order valence-corrected chi connectivity index (χ1v) is 8.13. The highest BCUT2D eigenvalue weighted by Gasteiger charge is 2.34. The van der Waals surface area contributed by atoms with Crippen LogP contribution in [0, 0.1) is 13.8 Å². The smallest absolute Gasteiger partial charge is 0.176 e. The Morgan fingerprint density at radius 2 is 2.05 bits per heavy atom. The molecule has 21 heavy (non-hydrogen) atoms. The molecule has 3 rings (SSSR count). The molecule has 0 amide bonds. The maximum atomic E-state index is 12.6. The molecule has 3 nitrogen and oxygen atoms in total. The number of hydrogen-bond donors (Lipinski definition) is 0. The molecular formula is C18H26N2O. The second-order valence-electron chi connectivity index (χ2n) is 6.79. The van der Waals surface area contributed by atoms with Crippen LogP contribution in [0.5, 0.6) is 0 Å². The lowest BCUT2D eigenvalue weighted by atomic mass is 10.0. The Balaban J connectivity index is 1.67. The van der Waals surface area contributed by atoms with Gasteiger partial charge in [-0.2, -0.15) is 0 Å². The van der Waals surface area contributed by atoms with Crippen molar-refractivity contribution in [2.24, 2.45) is 0 Å². The van der Waals surface area contributed by atoms with Crippen LogP contribution in [0.4, 0.5) is 0 Å². The monoisotopic (exact) mass is 286 g/mol. The van der Waals surface area contributed by atoms with E-state index in [1.807, 2.05) is 12.1 Å². The quantitative estimate of drug-likeness (QED) is 0.798. The summed E-state index contributed by atoms with van der Waals surface area (Å²) in [4.78, 5) is 17.5. The zero-order valence-corrected chi connectivity index (χ0v) is 13.4. The standard InChI is InChI=1S/C18H26N2O/c1-13-6-7-16(9-14(13)2)18(21)12-20-11-17-5-4-8-19(17)10-15(20)3/h6-7,9,15,17H,4-5,8,10-12H2,1-3H3. The number of aryl methyl sites for hydroxylation is 2. The van der Waals surface area contributed by atoms with Crippen LogP contribution in [-0.4, -0.2) is 53.8 Å². The molecule has 3 heteroatoms. The van der Waals surface area contributed by atoms with Gasteiger partial charge in [0.25, 0.3) is 0 Å². The zero-order valence-electron chi connectivity index (χ0n) is 13.4. The number of fused-ring (bicyclic) bond motifs is 1. The van der Waals surface area contributed by atoms with Gasteiger partial charge < -0.3 is 0 Å².